The molecular formula is C19H21ClFN3O2. The van der Waals surface area contributed by atoms with Crippen LogP contribution in [0.25, 0.3) is 0 Å². The van der Waals surface area contributed by atoms with Crippen molar-refractivity contribution in [2.45, 2.75) is 26.9 Å². The molecule has 0 saturated carbocycles. The zero-order valence-electron chi connectivity index (χ0n) is 14.7. The van der Waals surface area contributed by atoms with Crippen molar-refractivity contribution in [2.24, 2.45) is 0 Å². The quantitative estimate of drug-likeness (QED) is 0.793. The first kappa shape index (κ1) is 19.7. The van der Waals surface area contributed by atoms with E-state index in [0.717, 1.165) is 5.56 Å². The van der Waals surface area contributed by atoms with E-state index in [9.17, 15) is 14.0 Å². The molecule has 3 amide bonds. The molecule has 138 valence electrons. The molecule has 2 rings (SSSR count). The largest absolute Gasteiger partial charge is 0.339 e. The van der Waals surface area contributed by atoms with Crippen LogP contribution in [0.2, 0.25) is 5.02 Å². The van der Waals surface area contributed by atoms with E-state index in [1.807, 2.05) is 6.92 Å². The molecule has 0 saturated heterocycles. The Bertz CT molecular complexity index is 781. The lowest BCUT2D eigenvalue weighted by molar-refractivity contribution is -0.129. The predicted molar refractivity (Wildman–Crippen MR) is 100 cm³/mol. The summed E-state index contributed by atoms with van der Waals surface area (Å²) in [5.41, 5.74) is 1.61. The monoisotopic (exact) mass is 377 g/mol. The van der Waals surface area contributed by atoms with Gasteiger partial charge in [0.2, 0.25) is 5.91 Å². The second-order valence-electron chi connectivity index (χ2n) is 5.78. The Morgan fingerprint density at radius 1 is 1.12 bits per heavy atom. The maximum absolute atomic E-state index is 14.2. The van der Waals surface area contributed by atoms with Gasteiger partial charge in [-0.3, -0.25) is 4.79 Å². The molecule has 7 heteroatoms. The van der Waals surface area contributed by atoms with Crippen LogP contribution in [-0.4, -0.2) is 23.4 Å². The molecule has 2 aromatic rings. The minimum Gasteiger partial charge on any atom is -0.339 e. The van der Waals surface area contributed by atoms with Crippen molar-refractivity contribution < 1.29 is 14.0 Å². The van der Waals surface area contributed by atoms with Crippen LogP contribution < -0.4 is 10.6 Å². The third-order valence-electron chi connectivity index (χ3n) is 3.85. The Balaban J connectivity index is 1.93. The number of amides is 3. The normalized spacial score (nSPS) is 10.3. The van der Waals surface area contributed by atoms with Crippen molar-refractivity contribution in [1.82, 2.24) is 10.2 Å². The molecule has 0 heterocycles. The van der Waals surface area contributed by atoms with E-state index in [1.54, 1.807) is 35.2 Å². The van der Waals surface area contributed by atoms with Gasteiger partial charge in [-0.1, -0.05) is 29.8 Å². The lowest BCUT2D eigenvalue weighted by Crippen LogP contribution is -2.29. The van der Waals surface area contributed by atoms with Crippen LogP contribution in [0, 0.1) is 5.82 Å². The number of anilines is 1. The number of hydrogen-bond donors (Lipinski definition) is 2. The van der Waals surface area contributed by atoms with Gasteiger partial charge < -0.3 is 15.5 Å². The summed E-state index contributed by atoms with van der Waals surface area (Å²) >= 11 is 5.81. The maximum atomic E-state index is 14.2. The minimum atomic E-state index is -0.552. The summed E-state index contributed by atoms with van der Waals surface area (Å²) in [6, 6.07) is 11.0. The summed E-state index contributed by atoms with van der Waals surface area (Å²) in [7, 11) is 0. The molecule has 0 aliphatic heterocycles. The summed E-state index contributed by atoms with van der Waals surface area (Å²) in [5.74, 6) is -0.625. The second-order valence-corrected chi connectivity index (χ2v) is 6.22. The Morgan fingerprint density at radius 2 is 1.77 bits per heavy atom. The first-order valence-corrected chi connectivity index (χ1v) is 8.60. The van der Waals surface area contributed by atoms with Crippen molar-refractivity contribution in [3.05, 3.63) is 64.4 Å². The van der Waals surface area contributed by atoms with E-state index in [2.05, 4.69) is 10.6 Å². The molecule has 5 nitrogen and oxygen atoms in total. The molecule has 0 radical (unpaired) electrons. The van der Waals surface area contributed by atoms with Gasteiger partial charge in [-0.15, -0.1) is 0 Å². The van der Waals surface area contributed by atoms with Gasteiger partial charge in [0.05, 0.1) is 5.69 Å². The predicted octanol–water partition coefficient (Wildman–Crippen LogP) is 4.17. The molecular weight excluding hydrogens is 357 g/mol. The van der Waals surface area contributed by atoms with Gasteiger partial charge in [0.25, 0.3) is 0 Å². The van der Waals surface area contributed by atoms with Crippen molar-refractivity contribution >= 4 is 29.2 Å². The lowest BCUT2D eigenvalue weighted by atomic mass is 10.2. The Hall–Kier alpha value is -2.60. The zero-order chi connectivity index (χ0) is 19.1. The molecule has 0 aliphatic carbocycles. The summed E-state index contributed by atoms with van der Waals surface area (Å²) in [6.07, 6.45) is 0. The standard InChI is InChI=1S/C19H21ClFN3O2/c1-3-24(13(2)25)12-15-6-9-18(17(21)10-15)23-19(26)22-11-14-4-7-16(20)8-5-14/h4-10H,3,11-12H2,1-2H3,(H2,22,23,26). The van der Waals surface area contributed by atoms with E-state index in [0.29, 0.717) is 30.2 Å². The third kappa shape index (κ3) is 5.74. The highest BCUT2D eigenvalue weighted by Gasteiger charge is 2.11. The molecule has 0 atom stereocenters. The number of benzene rings is 2. The van der Waals surface area contributed by atoms with Crippen LogP contribution in [-0.2, 0) is 17.9 Å². The van der Waals surface area contributed by atoms with Crippen LogP contribution in [0.15, 0.2) is 42.5 Å². The van der Waals surface area contributed by atoms with Gasteiger partial charge in [0.1, 0.15) is 5.82 Å². The smallest absolute Gasteiger partial charge is 0.319 e. The van der Waals surface area contributed by atoms with Gasteiger partial charge in [0.15, 0.2) is 0 Å². The molecule has 0 fully saturated rings. The van der Waals surface area contributed by atoms with Gasteiger partial charge in [-0.05, 0) is 42.3 Å². The molecule has 0 unspecified atom stereocenters. The summed E-state index contributed by atoms with van der Waals surface area (Å²) < 4.78 is 14.2. The number of rotatable bonds is 6. The van der Waals surface area contributed by atoms with E-state index in [-0.39, 0.29) is 11.6 Å². The van der Waals surface area contributed by atoms with Crippen molar-refractivity contribution in [3.63, 3.8) is 0 Å². The summed E-state index contributed by atoms with van der Waals surface area (Å²) in [4.78, 5) is 25.0. The van der Waals surface area contributed by atoms with Crippen LogP contribution in [0.3, 0.4) is 0 Å². The second kappa shape index (κ2) is 9.20. The first-order valence-electron chi connectivity index (χ1n) is 8.22. The molecule has 0 spiro atoms. The number of halogens is 2. The molecule has 2 N–H and O–H groups in total. The fourth-order valence-corrected chi connectivity index (χ4v) is 2.50. The molecule has 0 aromatic heterocycles. The van der Waals surface area contributed by atoms with Crippen LogP contribution in [0.1, 0.15) is 25.0 Å². The van der Waals surface area contributed by atoms with Crippen LogP contribution >= 0.6 is 11.6 Å². The highest BCUT2D eigenvalue weighted by atomic mass is 35.5. The van der Waals surface area contributed by atoms with Gasteiger partial charge in [-0.25, -0.2) is 9.18 Å². The van der Waals surface area contributed by atoms with Crippen molar-refractivity contribution in [2.75, 3.05) is 11.9 Å². The number of urea groups is 1. The number of nitrogens with one attached hydrogen (secondary N) is 2. The van der Waals surface area contributed by atoms with E-state index < -0.39 is 11.8 Å². The fourth-order valence-electron chi connectivity index (χ4n) is 2.38. The fraction of sp³-hybridized carbons (Fsp3) is 0.263. The summed E-state index contributed by atoms with van der Waals surface area (Å²) in [5, 5.41) is 5.75. The van der Waals surface area contributed by atoms with E-state index in [1.165, 1.54) is 19.1 Å². The molecule has 0 bridgehead atoms. The topological polar surface area (TPSA) is 61.4 Å². The van der Waals surface area contributed by atoms with E-state index in [4.69, 9.17) is 11.6 Å². The highest BCUT2D eigenvalue weighted by Crippen LogP contribution is 2.17. The highest BCUT2D eigenvalue weighted by molar-refractivity contribution is 6.30. The third-order valence-corrected chi connectivity index (χ3v) is 4.10. The Labute approximate surface area is 157 Å². The number of carbonyl (C=O) groups excluding carboxylic acids is 2. The van der Waals surface area contributed by atoms with Crippen LogP contribution in [0.4, 0.5) is 14.9 Å². The lowest BCUT2D eigenvalue weighted by Gasteiger charge is -2.19. The van der Waals surface area contributed by atoms with Gasteiger partial charge >= 0.3 is 6.03 Å². The average Bonchev–Trinajstić information content (AvgIpc) is 2.61. The Morgan fingerprint density at radius 3 is 2.35 bits per heavy atom. The van der Waals surface area contributed by atoms with Gasteiger partial charge in [0, 0.05) is 31.6 Å². The number of nitrogens with zero attached hydrogens (tertiary/aromatic N) is 1. The van der Waals surface area contributed by atoms with Crippen molar-refractivity contribution in [3.8, 4) is 0 Å². The maximum Gasteiger partial charge on any atom is 0.319 e. The molecule has 26 heavy (non-hydrogen) atoms. The van der Waals surface area contributed by atoms with Crippen LogP contribution in [0.5, 0.6) is 0 Å². The average molecular weight is 378 g/mol. The van der Waals surface area contributed by atoms with Crippen molar-refractivity contribution in [1.29, 1.82) is 0 Å². The number of carbonyl (C=O) groups is 2. The SMILES string of the molecule is CCN(Cc1ccc(NC(=O)NCc2ccc(Cl)cc2)c(F)c1)C(C)=O. The van der Waals surface area contributed by atoms with E-state index >= 15 is 0 Å². The Kier molecular flexibility index (Phi) is 6.97. The van der Waals surface area contributed by atoms with Gasteiger partial charge in [-0.2, -0.15) is 0 Å². The molecule has 2 aromatic carbocycles. The number of hydrogen-bond acceptors (Lipinski definition) is 2. The first-order chi connectivity index (χ1) is 12.4. The minimum absolute atomic E-state index is 0.0725. The molecule has 0 aliphatic rings. The summed E-state index contributed by atoms with van der Waals surface area (Å²) in [6.45, 7) is 4.50. The zero-order valence-corrected chi connectivity index (χ0v) is 15.4.